The number of aryl methyl sites for hydroxylation is 1. The van der Waals surface area contributed by atoms with Gasteiger partial charge in [0.25, 0.3) is 0 Å². The van der Waals surface area contributed by atoms with Crippen molar-refractivity contribution in [1.29, 1.82) is 0 Å². The Morgan fingerprint density at radius 3 is 2.40 bits per heavy atom. The van der Waals surface area contributed by atoms with Crippen molar-refractivity contribution in [3.05, 3.63) is 29.8 Å². The van der Waals surface area contributed by atoms with Crippen LogP contribution in [-0.2, 0) is 6.42 Å². The number of hydrogen-bond donors (Lipinski definition) is 2. The van der Waals surface area contributed by atoms with Gasteiger partial charge in [0.1, 0.15) is 0 Å². The average molecular weight is 225 g/mol. The molecular formula is C12H19NOS. The molecule has 1 aromatic carbocycles. The predicted octanol–water partition coefficient (Wildman–Crippen LogP) is 2.32. The second-order valence-corrected chi connectivity index (χ2v) is 4.76. The molecule has 3 heteroatoms. The minimum absolute atomic E-state index is 0.310. The lowest BCUT2D eigenvalue weighted by Crippen LogP contribution is -1.91. The Labute approximate surface area is 95.9 Å². The number of thioether (sulfide) groups is 1. The van der Waals surface area contributed by atoms with Crippen LogP contribution in [0, 0.1) is 0 Å². The van der Waals surface area contributed by atoms with Crippen LogP contribution in [0.2, 0.25) is 0 Å². The Kier molecular flexibility index (Phi) is 6.28. The molecule has 84 valence electrons. The van der Waals surface area contributed by atoms with Crippen LogP contribution >= 0.6 is 11.8 Å². The van der Waals surface area contributed by atoms with E-state index >= 15 is 0 Å². The van der Waals surface area contributed by atoms with Gasteiger partial charge in [0, 0.05) is 12.3 Å². The number of aliphatic hydroxyl groups is 1. The normalized spacial score (nSPS) is 10.5. The zero-order chi connectivity index (χ0) is 10.9. The van der Waals surface area contributed by atoms with Gasteiger partial charge in [0.2, 0.25) is 0 Å². The van der Waals surface area contributed by atoms with Crippen LogP contribution in [0.5, 0.6) is 0 Å². The maximum absolute atomic E-state index is 8.60. The number of anilines is 1. The maximum atomic E-state index is 8.60. The van der Waals surface area contributed by atoms with Gasteiger partial charge in [-0.15, -0.1) is 0 Å². The molecule has 1 rings (SSSR count). The van der Waals surface area contributed by atoms with Crippen LogP contribution in [0.1, 0.15) is 18.4 Å². The molecule has 0 heterocycles. The fourth-order valence-corrected chi connectivity index (χ4v) is 2.22. The second kappa shape index (κ2) is 7.60. The van der Waals surface area contributed by atoms with E-state index < -0.39 is 0 Å². The van der Waals surface area contributed by atoms with E-state index in [4.69, 9.17) is 10.8 Å². The molecule has 0 spiro atoms. The molecule has 1 aromatic rings. The van der Waals surface area contributed by atoms with E-state index in [1.54, 1.807) is 0 Å². The van der Waals surface area contributed by atoms with E-state index in [0.717, 1.165) is 24.3 Å². The molecule has 0 unspecified atom stereocenters. The summed E-state index contributed by atoms with van der Waals surface area (Å²) in [5.41, 5.74) is 7.79. The average Bonchev–Trinajstić information content (AvgIpc) is 2.26. The zero-order valence-electron chi connectivity index (χ0n) is 8.98. The number of aliphatic hydroxyl groups excluding tert-OH is 1. The highest BCUT2D eigenvalue weighted by Gasteiger charge is 1.94. The van der Waals surface area contributed by atoms with E-state index in [2.05, 4.69) is 12.1 Å². The molecule has 0 bridgehead atoms. The maximum Gasteiger partial charge on any atom is 0.0438 e. The van der Waals surface area contributed by atoms with Crippen LogP contribution in [0.4, 0.5) is 5.69 Å². The fraction of sp³-hybridized carbons (Fsp3) is 0.500. The zero-order valence-corrected chi connectivity index (χ0v) is 9.80. The molecule has 0 atom stereocenters. The van der Waals surface area contributed by atoms with Crippen LogP contribution in [0.3, 0.4) is 0 Å². The third kappa shape index (κ3) is 5.70. The molecule has 15 heavy (non-hydrogen) atoms. The fourth-order valence-electron chi connectivity index (χ4n) is 1.33. The first-order valence-corrected chi connectivity index (χ1v) is 6.51. The lowest BCUT2D eigenvalue weighted by atomic mass is 10.1. The van der Waals surface area contributed by atoms with Crippen LogP contribution in [0.15, 0.2) is 24.3 Å². The molecule has 0 amide bonds. The van der Waals surface area contributed by atoms with Gasteiger partial charge in [-0.2, -0.15) is 11.8 Å². The molecule has 3 N–H and O–H groups in total. The number of nitrogens with two attached hydrogens (primary N) is 1. The van der Waals surface area contributed by atoms with E-state index in [0.29, 0.717) is 6.61 Å². The van der Waals surface area contributed by atoms with Gasteiger partial charge >= 0.3 is 0 Å². The Bertz CT molecular complexity index is 261. The Morgan fingerprint density at radius 1 is 1.07 bits per heavy atom. The summed E-state index contributed by atoms with van der Waals surface area (Å²) in [6, 6.07) is 8.09. The lowest BCUT2D eigenvalue weighted by molar-refractivity contribution is 0.296. The number of benzene rings is 1. The molecule has 0 saturated heterocycles. The summed E-state index contributed by atoms with van der Waals surface area (Å²) >= 11 is 1.92. The van der Waals surface area contributed by atoms with Gasteiger partial charge in [-0.1, -0.05) is 12.1 Å². The van der Waals surface area contributed by atoms with Gasteiger partial charge < -0.3 is 10.8 Å². The van der Waals surface area contributed by atoms with Gasteiger partial charge in [-0.3, -0.25) is 0 Å². The molecule has 0 saturated carbocycles. The second-order valence-electron chi connectivity index (χ2n) is 3.53. The Hall–Kier alpha value is -0.670. The summed E-state index contributed by atoms with van der Waals surface area (Å²) < 4.78 is 0. The molecule has 0 aliphatic heterocycles. The van der Waals surface area contributed by atoms with E-state index in [1.165, 1.54) is 17.7 Å². The summed E-state index contributed by atoms with van der Waals surface area (Å²) in [6.45, 7) is 0.310. The summed E-state index contributed by atoms with van der Waals surface area (Å²) in [5, 5.41) is 8.60. The first-order valence-electron chi connectivity index (χ1n) is 5.36. The molecular weight excluding hydrogens is 206 g/mol. The number of rotatable bonds is 7. The number of hydrogen-bond acceptors (Lipinski definition) is 3. The standard InChI is InChI=1S/C12H19NOS/c13-12-6-4-11(5-7-12)3-1-9-15-10-2-8-14/h4-7,14H,1-3,8-10,13H2. The van der Waals surface area contributed by atoms with Gasteiger partial charge in [0.15, 0.2) is 0 Å². The van der Waals surface area contributed by atoms with E-state index in [9.17, 15) is 0 Å². The van der Waals surface area contributed by atoms with Crippen molar-refractivity contribution in [1.82, 2.24) is 0 Å². The van der Waals surface area contributed by atoms with Crippen molar-refractivity contribution in [2.24, 2.45) is 0 Å². The van der Waals surface area contributed by atoms with Gasteiger partial charge in [-0.05, 0) is 48.5 Å². The van der Waals surface area contributed by atoms with E-state index in [1.807, 2.05) is 23.9 Å². The largest absolute Gasteiger partial charge is 0.399 e. The van der Waals surface area contributed by atoms with Gasteiger partial charge in [0.05, 0.1) is 0 Å². The third-order valence-electron chi connectivity index (χ3n) is 2.18. The first-order chi connectivity index (χ1) is 7.33. The van der Waals surface area contributed by atoms with Gasteiger partial charge in [-0.25, -0.2) is 0 Å². The monoisotopic (exact) mass is 225 g/mol. The van der Waals surface area contributed by atoms with Crippen molar-refractivity contribution in [3.63, 3.8) is 0 Å². The SMILES string of the molecule is Nc1ccc(CCCSCCCO)cc1. The highest BCUT2D eigenvalue weighted by Crippen LogP contribution is 2.10. The summed E-state index contributed by atoms with van der Waals surface area (Å²) in [6.07, 6.45) is 3.22. The molecule has 0 aromatic heterocycles. The first kappa shape index (κ1) is 12.4. The minimum atomic E-state index is 0.310. The molecule has 0 aliphatic rings. The van der Waals surface area contributed by atoms with Crippen molar-refractivity contribution < 1.29 is 5.11 Å². The minimum Gasteiger partial charge on any atom is -0.399 e. The molecule has 2 nitrogen and oxygen atoms in total. The van der Waals surface area contributed by atoms with Crippen LogP contribution in [-0.4, -0.2) is 23.2 Å². The topological polar surface area (TPSA) is 46.2 Å². The highest BCUT2D eigenvalue weighted by molar-refractivity contribution is 7.99. The Balaban J connectivity index is 2.07. The molecule has 0 fully saturated rings. The summed E-state index contributed by atoms with van der Waals surface area (Å²) in [5.74, 6) is 2.24. The van der Waals surface area contributed by atoms with Crippen LogP contribution in [0.25, 0.3) is 0 Å². The molecule has 0 radical (unpaired) electrons. The van der Waals surface area contributed by atoms with Crippen molar-refractivity contribution in [2.45, 2.75) is 19.3 Å². The third-order valence-corrected chi connectivity index (χ3v) is 3.34. The van der Waals surface area contributed by atoms with Crippen molar-refractivity contribution >= 4 is 17.4 Å². The molecule has 0 aliphatic carbocycles. The lowest BCUT2D eigenvalue weighted by Gasteiger charge is -2.02. The smallest absolute Gasteiger partial charge is 0.0438 e. The van der Waals surface area contributed by atoms with E-state index in [-0.39, 0.29) is 0 Å². The number of nitrogen functional groups attached to an aromatic ring is 1. The quantitative estimate of drug-likeness (QED) is 0.553. The van der Waals surface area contributed by atoms with Crippen LogP contribution < -0.4 is 5.73 Å². The summed E-state index contributed by atoms with van der Waals surface area (Å²) in [4.78, 5) is 0. The van der Waals surface area contributed by atoms with Crippen molar-refractivity contribution in [3.8, 4) is 0 Å². The predicted molar refractivity (Wildman–Crippen MR) is 68.2 cm³/mol. The summed E-state index contributed by atoms with van der Waals surface area (Å²) in [7, 11) is 0. The van der Waals surface area contributed by atoms with Crippen molar-refractivity contribution in [2.75, 3.05) is 23.8 Å². The Morgan fingerprint density at radius 2 is 1.73 bits per heavy atom. The highest BCUT2D eigenvalue weighted by atomic mass is 32.2.